The Morgan fingerprint density at radius 3 is 2.79 bits per heavy atom. The highest BCUT2D eigenvalue weighted by Gasteiger charge is 2.23. The third kappa shape index (κ3) is 3.95. The van der Waals surface area contributed by atoms with E-state index in [1.807, 2.05) is 23.7 Å². The van der Waals surface area contributed by atoms with Gasteiger partial charge in [0, 0.05) is 31.0 Å². The lowest BCUT2D eigenvalue weighted by Gasteiger charge is -2.29. The van der Waals surface area contributed by atoms with Crippen molar-refractivity contribution in [2.45, 2.75) is 43.8 Å². The molecule has 1 aliphatic carbocycles. The zero-order chi connectivity index (χ0) is 16.9. The van der Waals surface area contributed by atoms with Gasteiger partial charge in [0.25, 0.3) is 0 Å². The predicted molar refractivity (Wildman–Crippen MR) is 94.5 cm³/mol. The highest BCUT2D eigenvalue weighted by atomic mass is 32.2. The van der Waals surface area contributed by atoms with E-state index >= 15 is 0 Å². The maximum Gasteiger partial charge on any atom is 0.230 e. The molecule has 6 nitrogen and oxygen atoms in total. The van der Waals surface area contributed by atoms with Crippen molar-refractivity contribution in [3.8, 4) is 11.4 Å². The molecule has 2 aromatic heterocycles. The molecule has 0 saturated heterocycles. The molecule has 1 saturated carbocycles. The third-order valence-corrected chi connectivity index (χ3v) is 5.58. The highest BCUT2D eigenvalue weighted by molar-refractivity contribution is 7.99. The Bertz CT molecular complexity index is 688. The Morgan fingerprint density at radius 2 is 2.04 bits per heavy atom. The number of thioether (sulfide) groups is 1. The number of nitrogens with one attached hydrogen (secondary N) is 1. The average molecular weight is 345 g/mol. The van der Waals surface area contributed by atoms with Gasteiger partial charge in [0.2, 0.25) is 5.91 Å². The number of nitrogens with zero attached hydrogens (tertiary/aromatic N) is 4. The van der Waals surface area contributed by atoms with Gasteiger partial charge in [-0.2, -0.15) is 0 Å². The van der Waals surface area contributed by atoms with Gasteiger partial charge in [-0.15, -0.1) is 10.2 Å². The van der Waals surface area contributed by atoms with Crippen LogP contribution in [0.25, 0.3) is 11.4 Å². The van der Waals surface area contributed by atoms with Crippen LogP contribution in [-0.4, -0.2) is 37.5 Å². The smallest absolute Gasteiger partial charge is 0.230 e. The first-order chi connectivity index (χ1) is 11.6. The SMILES string of the molecule is CC1CCCCC1NC(=O)CSc1nnc(-c2ccncc2)n1C. The van der Waals surface area contributed by atoms with Crippen molar-refractivity contribution in [3.63, 3.8) is 0 Å². The van der Waals surface area contributed by atoms with Crippen molar-refractivity contribution in [1.82, 2.24) is 25.1 Å². The van der Waals surface area contributed by atoms with Crippen molar-refractivity contribution in [1.29, 1.82) is 0 Å². The number of carbonyl (C=O) groups is 1. The monoisotopic (exact) mass is 345 g/mol. The Balaban J connectivity index is 1.57. The third-order valence-electron chi connectivity index (χ3n) is 4.56. The van der Waals surface area contributed by atoms with E-state index < -0.39 is 0 Å². The van der Waals surface area contributed by atoms with Crippen molar-refractivity contribution >= 4 is 17.7 Å². The molecule has 0 spiro atoms. The maximum atomic E-state index is 12.2. The van der Waals surface area contributed by atoms with E-state index in [0.29, 0.717) is 17.7 Å². The lowest BCUT2D eigenvalue weighted by molar-refractivity contribution is -0.119. The average Bonchev–Trinajstić information content (AvgIpc) is 2.97. The fourth-order valence-electron chi connectivity index (χ4n) is 3.10. The largest absolute Gasteiger partial charge is 0.352 e. The summed E-state index contributed by atoms with van der Waals surface area (Å²) in [6.45, 7) is 2.22. The molecule has 3 rings (SSSR count). The van der Waals surface area contributed by atoms with Crippen molar-refractivity contribution in [3.05, 3.63) is 24.5 Å². The molecule has 1 N–H and O–H groups in total. The molecule has 1 fully saturated rings. The molecule has 2 aromatic rings. The summed E-state index contributed by atoms with van der Waals surface area (Å²) in [5.74, 6) is 1.79. The molecule has 1 amide bonds. The van der Waals surface area contributed by atoms with E-state index in [4.69, 9.17) is 0 Å². The summed E-state index contributed by atoms with van der Waals surface area (Å²) in [6.07, 6.45) is 8.25. The first kappa shape index (κ1) is 17.0. The van der Waals surface area contributed by atoms with Gasteiger partial charge in [0.15, 0.2) is 11.0 Å². The first-order valence-electron chi connectivity index (χ1n) is 8.37. The molecule has 0 aromatic carbocycles. The Kier molecular flexibility index (Phi) is 5.50. The quantitative estimate of drug-likeness (QED) is 0.844. The normalized spacial score (nSPS) is 20.8. The molecule has 128 valence electrons. The summed E-state index contributed by atoms with van der Waals surface area (Å²) in [5, 5.41) is 12.3. The van der Waals surface area contributed by atoms with Crippen LogP contribution in [0.1, 0.15) is 32.6 Å². The van der Waals surface area contributed by atoms with Crippen LogP contribution in [0.15, 0.2) is 29.7 Å². The van der Waals surface area contributed by atoms with E-state index in [9.17, 15) is 4.79 Å². The standard InChI is InChI=1S/C17H23N5OS/c1-12-5-3-4-6-14(12)19-15(23)11-24-17-21-20-16(22(17)2)13-7-9-18-10-8-13/h7-10,12,14H,3-6,11H2,1-2H3,(H,19,23). The summed E-state index contributed by atoms with van der Waals surface area (Å²) in [7, 11) is 1.92. The van der Waals surface area contributed by atoms with Crippen molar-refractivity contribution in [2.75, 3.05) is 5.75 Å². The van der Waals surface area contributed by atoms with E-state index in [0.717, 1.165) is 23.0 Å². The summed E-state index contributed by atoms with van der Waals surface area (Å²) in [6, 6.07) is 4.12. The maximum absolute atomic E-state index is 12.2. The Labute approximate surface area is 146 Å². The number of carbonyl (C=O) groups excluding carboxylic acids is 1. The van der Waals surface area contributed by atoms with E-state index in [2.05, 4.69) is 27.4 Å². The van der Waals surface area contributed by atoms with Gasteiger partial charge < -0.3 is 9.88 Å². The van der Waals surface area contributed by atoms with Gasteiger partial charge in [-0.1, -0.05) is 31.5 Å². The van der Waals surface area contributed by atoms with Crippen molar-refractivity contribution in [2.24, 2.45) is 13.0 Å². The summed E-state index contributed by atoms with van der Waals surface area (Å²) >= 11 is 1.42. The fourth-order valence-corrected chi connectivity index (χ4v) is 3.82. The molecule has 7 heteroatoms. The summed E-state index contributed by atoms with van der Waals surface area (Å²) in [4.78, 5) is 16.2. The second-order valence-corrected chi connectivity index (χ2v) is 7.27. The number of aromatic nitrogens is 4. The second kappa shape index (κ2) is 7.79. The highest BCUT2D eigenvalue weighted by Crippen LogP contribution is 2.25. The van der Waals surface area contributed by atoms with E-state index in [1.165, 1.54) is 31.0 Å². The molecular formula is C17H23N5OS. The number of hydrogen-bond acceptors (Lipinski definition) is 5. The van der Waals surface area contributed by atoms with Crippen LogP contribution in [-0.2, 0) is 11.8 Å². The number of hydrogen-bond donors (Lipinski definition) is 1. The van der Waals surface area contributed by atoms with E-state index in [-0.39, 0.29) is 5.91 Å². The number of pyridine rings is 1. The van der Waals surface area contributed by atoms with Crippen LogP contribution < -0.4 is 5.32 Å². The van der Waals surface area contributed by atoms with Crippen LogP contribution in [0.5, 0.6) is 0 Å². The molecule has 1 aliphatic rings. The number of amides is 1. The zero-order valence-corrected chi connectivity index (χ0v) is 14.9. The molecule has 0 aliphatic heterocycles. The van der Waals surface area contributed by atoms with Crippen LogP contribution in [0, 0.1) is 5.92 Å². The van der Waals surface area contributed by atoms with Gasteiger partial charge in [-0.3, -0.25) is 9.78 Å². The topological polar surface area (TPSA) is 72.7 Å². The van der Waals surface area contributed by atoms with Gasteiger partial charge in [0.05, 0.1) is 5.75 Å². The molecule has 2 heterocycles. The Morgan fingerprint density at radius 1 is 1.29 bits per heavy atom. The van der Waals surface area contributed by atoms with Crippen LogP contribution in [0.4, 0.5) is 0 Å². The minimum Gasteiger partial charge on any atom is -0.352 e. The van der Waals surface area contributed by atoms with Gasteiger partial charge in [0.1, 0.15) is 0 Å². The lowest BCUT2D eigenvalue weighted by atomic mass is 9.86. The predicted octanol–water partition coefficient (Wildman–Crippen LogP) is 2.66. The molecule has 2 unspecified atom stereocenters. The molecule has 2 atom stereocenters. The molecule has 0 radical (unpaired) electrons. The van der Waals surface area contributed by atoms with Crippen molar-refractivity contribution < 1.29 is 4.79 Å². The van der Waals surface area contributed by atoms with Gasteiger partial charge in [-0.25, -0.2) is 0 Å². The van der Waals surface area contributed by atoms with Gasteiger partial charge in [-0.05, 0) is 30.9 Å². The summed E-state index contributed by atoms with van der Waals surface area (Å²) in [5.41, 5.74) is 0.965. The molecule has 24 heavy (non-hydrogen) atoms. The van der Waals surface area contributed by atoms with Crippen LogP contribution in [0.3, 0.4) is 0 Å². The molecular weight excluding hydrogens is 322 g/mol. The van der Waals surface area contributed by atoms with Gasteiger partial charge >= 0.3 is 0 Å². The lowest BCUT2D eigenvalue weighted by Crippen LogP contribution is -2.41. The zero-order valence-electron chi connectivity index (χ0n) is 14.1. The second-order valence-electron chi connectivity index (χ2n) is 6.33. The van der Waals surface area contributed by atoms with E-state index in [1.54, 1.807) is 12.4 Å². The number of rotatable bonds is 5. The van der Waals surface area contributed by atoms with Crippen LogP contribution in [0.2, 0.25) is 0 Å². The Hall–Kier alpha value is -1.89. The fraction of sp³-hybridized carbons (Fsp3) is 0.529. The summed E-state index contributed by atoms with van der Waals surface area (Å²) < 4.78 is 1.91. The molecule has 0 bridgehead atoms. The van der Waals surface area contributed by atoms with Crippen LogP contribution >= 0.6 is 11.8 Å². The first-order valence-corrected chi connectivity index (χ1v) is 9.35. The minimum atomic E-state index is 0.0761. The minimum absolute atomic E-state index is 0.0761.